The molecular weight excluding hydrogens is 847 g/mol. The summed E-state index contributed by atoms with van der Waals surface area (Å²) in [7, 11) is 5.53. The van der Waals surface area contributed by atoms with Crippen LogP contribution in [0.3, 0.4) is 0 Å². The van der Waals surface area contributed by atoms with Gasteiger partial charge in [-0.05, 0) is 89.9 Å². The summed E-state index contributed by atoms with van der Waals surface area (Å²) >= 11 is 0. The highest BCUT2D eigenvalue weighted by molar-refractivity contribution is 5.72. The second-order valence-corrected chi connectivity index (χ2v) is 19.5. The van der Waals surface area contributed by atoms with Crippen molar-refractivity contribution in [3.8, 4) is 0 Å². The first-order valence-corrected chi connectivity index (χ1v) is 27.6. The average molecular weight is 951 g/mol. The van der Waals surface area contributed by atoms with Crippen LogP contribution in [0.1, 0.15) is 226 Å². The van der Waals surface area contributed by atoms with Gasteiger partial charge in [0, 0.05) is 19.3 Å². The van der Waals surface area contributed by atoms with Gasteiger partial charge in [-0.25, -0.2) is 4.79 Å². The fourth-order valence-corrected chi connectivity index (χ4v) is 7.80. The number of hydrogen-bond donors (Lipinski definition) is 1. The largest absolute Gasteiger partial charge is 0.477 e. The molecule has 2 unspecified atom stereocenters. The van der Waals surface area contributed by atoms with Gasteiger partial charge in [0.1, 0.15) is 6.61 Å². The van der Waals surface area contributed by atoms with Crippen molar-refractivity contribution >= 4 is 17.9 Å². The molecule has 0 bridgehead atoms. The SMILES string of the molecule is CC/C=C/C/C=C/C/C=C/C/C=C/C/C=C/CCCCCCCCC(=O)OC(COCCC(C(=O)O)[N+](C)(C)C)COC(=O)CCCCCCCCC/C=C/C/C=C/CCCCCCCCCC. The Morgan fingerprint density at radius 1 is 0.456 bits per heavy atom. The number of quaternary nitrogens is 1. The summed E-state index contributed by atoms with van der Waals surface area (Å²) < 4.78 is 17.4. The minimum Gasteiger partial charge on any atom is -0.477 e. The maximum atomic E-state index is 12.8. The lowest BCUT2D eigenvalue weighted by Gasteiger charge is -2.31. The fraction of sp³-hybridized carbons (Fsp3) is 0.717. The number of hydrogen-bond acceptors (Lipinski definition) is 6. The third-order valence-corrected chi connectivity index (χ3v) is 12.0. The van der Waals surface area contributed by atoms with Crippen molar-refractivity contribution in [2.45, 2.75) is 238 Å². The zero-order valence-electron chi connectivity index (χ0n) is 44.5. The van der Waals surface area contributed by atoms with Crippen molar-refractivity contribution in [3.63, 3.8) is 0 Å². The third kappa shape index (κ3) is 47.6. The van der Waals surface area contributed by atoms with Crippen LogP contribution < -0.4 is 0 Å². The molecule has 1 N–H and O–H groups in total. The van der Waals surface area contributed by atoms with Crippen molar-refractivity contribution < 1.29 is 38.2 Å². The minimum absolute atomic E-state index is 0.0482. The monoisotopic (exact) mass is 951 g/mol. The van der Waals surface area contributed by atoms with Gasteiger partial charge in [0.15, 0.2) is 12.1 Å². The van der Waals surface area contributed by atoms with Crippen LogP contribution in [0.4, 0.5) is 0 Å². The Morgan fingerprint density at radius 3 is 1.22 bits per heavy atom. The number of carboxylic acids is 1. The third-order valence-electron chi connectivity index (χ3n) is 12.0. The molecule has 0 fully saturated rings. The smallest absolute Gasteiger partial charge is 0.362 e. The maximum absolute atomic E-state index is 12.8. The van der Waals surface area contributed by atoms with E-state index in [1.807, 2.05) is 21.1 Å². The van der Waals surface area contributed by atoms with Gasteiger partial charge < -0.3 is 23.8 Å². The molecule has 0 radical (unpaired) electrons. The molecule has 8 nitrogen and oxygen atoms in total. The molecule has 0 aromatic carbocycles. The van der Waals surface area contributed by atoms with E-state index in [0.717, 1.165) is 96.3 Å². The Labute approximate surface area is 418 Å². The number of carbonyl (C=O) groups is 3. The number of carboxylic acid groups (broad SMARTS) is 1. The Balaban J connectivity index is 4.27. The number of rotatable bonds is 49. The molecule has 390 valence electrons. The molecule has 0 saturated heterocycles. The highest BCUT2D eigenvalue weighted by Gasteiger charge is 2.31. The van der Waals surface area contributed by atoms with E-state index in [1.54, 1.807) is 0 Å². The Bertz CT molecular complexity index is 1380. The quantitative estimate of drug-likeness (QED) is 0.0281. The van der Waals surface area contributed by atoms with Crippen molar-refractivity contribution in [2.24, 2.45) is 0 Å². The van der Waals surface area contributed by atoms with Crippen LogP contribution in [0.15, 0.2) is 85.1 Å². The van der Waals surface area contributed by atoms with Crippen molar-refractivity contribution in [1.82, 2.24) is 0 Å². The van der Waals surface area contributed by atoms with E-state index < -0.39 is 18.1 Å². The summed E-state index contributed by atoms with van der Waals surface area (Å²) in [6, 6.07) is -0.624. The zero-order chi connectivity index (χ0) is 49.9. The summed E-state index contributed by atoms with van der Waals surface area (Å²) in [5.74, 6) is -1.50. The van der Waals surface area contributed by atoms with Crippen LogP contribution in [-0.2, 0) is 28.6 Å². The zero-order valence-corrected chi connectivity index (χ0v) is 44.5. The van der Waals surface area contributed by atoms with Gasteiger partial charge in [-0.3, -0.25) is 9.59 Å². The van der Waals surface area contributed by atoms with E-state index in [4.69, 9.17) is 14.2 Å². The molecule has 0 aliphatic heterocycles. The Morgan fingerprint density at radius 2 is 0.824 bits per heavy atom. The first kappa shape index (κ1) is 64.5. The Kier molecular flexibility index (Phi) is 47.4. The second-order valence-electron chi connectivity index (χ2n) is 19.5. The molecular formula is C60H104NO7+. The number of aliphatic carboxylic acids is 1. The van der Waals surface area contributed by atoms with E-state index in [2.05, 4.69) is 98.9 Å². The highest BCUT2D eigenvalue weighted by atomic mass is 16.6. The van der Waals surface area contributed by atoms with Gasteiger partial charge in [0.2, 0.25) is 0 Å². The van der Waals surface area contributed by atoms with Crippen molar-refractivity contribution in [1.29, 1.82) is 0 Å². The normalized spacial score (nSPS) is 13.5. The van der Waals surface area contributed by atoms with Crippen molar-refractivity contribution in [3.05, 3.63) is 85.1 Å². The average Bonchev–Trinajstić information content (AvgIpc) is 3.30. The number of likely N-dealkylation sites (N-methyl/N-ethyl adjacent to an activating group) is 1. The standard InChI is InChI=1S/C60H103NO7/c1-6-8-10-12-14-16-18-20-22-24-26-28-30-32-34-36-38-40-42-44-46-48-50-58(62)67-55-56(54-66-53-52-57(60(64)65)61(3,4)5)68-59(63)51-49-47-45-43-41-39-37-35-33-31-29-27-25-23-21-19-17-15-13-11-9-7-2/h9,11,15,17,21,23-24,26-27,29-30,32-33,35,56-57H,6-8,10,12-14,16,18-20,22,25,28,31,34,36-55H2,1-5H3/p+1/b11-9+,17-15+,23-21+,26-24+,29-27+,32-30+,35-33+. The number of unbranched alkanes of at least 4 members (excludes halogenated alkanes) is 21. The molecule has 68 heavy (non-hydrogen) atoms. The lowest BCUT2D eigenvalue weighted by molar-refractivity contribution is -0.887. The predicted molar refractivity (Wildman–Crippen MR) is 289 cm³/mol. The molecule has 0 heterocycles. The van der Waals surface area contributed by atoms with Crippen LogP contribution in [0.25, 0.3) is 0 Å². The van der Waals surface area contributed by atoms with E-state index in [9.17, 15) is 19.5 Å². The van der Waals surface area contributed by atoms with Gasteiger partial charge in [0.05, 0.1) is 34.4 Å². The summed E-state index contributed by atoms with van der Waals surface area (Å²) in [6.45, 7) is 4.61. The molecule has 0 saturated carbocycles. The molecule has 0 rings (SSSR count). The molecule has 0 aromatic rings. The topological polar surface area (TPSA) is 99.1 Å². The van der Waals surface area contributed by atoms with Crippen LogP contribution >= 0.6 is 0 Å². The lowest BCUT2D eigenvalue weighted by atomic mass is 10.1. The van der Waals surface area contributed by atoms with E-state index in [1.165, 1.54) is 96.3 Å². The van der Waals surface area contributed by atoms with E-state index in [-0.39, 0.29) is 36.2 Å². The number of nitrogens with zero attached hydrogens (tertiary/aromatic N) is 1. The van der Waals surface area contributed by atoms with Gasteiger partial charge in [0.25, 0.3) is 0 Å². The van der Waals surface area contributed by atoms with Crippen LogP contribution in [0.5, 0.6) is 0 Å². The van der Waals surface area contributed by atoms with Crippen LogP contribution in [-0.4, -0.2) is 80.6 Å². The summed E-state index contributed by atoms with van der Waals surface area (Å²) in [5.41, 5.74) is 0. The minimum atomic E-state index is -0.880. The Hall–Kier alpha value is -3.49. The molecule has 0 aliphatic carbocycles. The predicted octanol–water partition coefficient (Wildman–Crippen LogP) is 16.4. The summed E-state index contributed by atoms with van der Waals surface area (Å²) in [6.07, 6.45) is 66.4. The van der Waals surface area contributed by atoms with Crippen molar-refractivity contribution in [2.75, 3.05) is 41.0 Å². The van der Waals surface area contributed by atoms with Gasteiger partial charge >= 0.3 is 17.9 Å². The highest BCUT2D eigenvalue weighted by Crippen LogP contribution is 2.15. The first-order chi connectivity index (χ1) is 33.1. The number of allylic oxidation sites excluding steroid dienone is 14. The van der Waals surface area contributed by atoms with Crippen LogP contribution in [0, 0.1) is 0 Å². The molecule has 0 aliphatic rings. The van der Waals surface area contributed by atoms with Gasteiger partial charge in [-0.15, -0.1) is 0 Å². The summed E-state index contributed by atoms with van der Waals surface area (Å²) in [4.78, 5) is 37.3. The van der Waals surface area contributed by atoms with Gasteiger partial charge in [-0.2, -0.15) is 0 Å². The van der Waals surface area contributed by atoms with Gasteiger partial charge in [-0.1, -0.05) is 202 Å². The fourth-order valence-electron chi connectivity index (χ4n) is 7.80. The molecule has 2 atom stereocenters. The summed E-state index contributed by atoms with van der Waals surface area (Å²) in [5, 5.41) is 9.67. The molecule has 0 aromatic heterocycles. The van der Waals surface area contributed by atoms with Crippen LogP contribution in [0.2, 0.25) is 0 Å². The maximum Gasteiger partial charge on any atom is 0.362 e. The number of ether oxygens (including phenoxy) is 3. The lowest BCUT2D eigenvalue weighted by Crippen LogP contribution is -2.50. The second kappa shape index (κ2) is 49.9. The van der Waals surface area contributed by atoms with E-state index in [0.29, 0.717) is 19.3 Å². The van der Waals surface area contributed by atoms with E-state index >= 15 is 0 Å². The molecule has 8 heteroatoms. The number of esters is 2. The first-order valence-electron chi connectivity index (χ1n) is 27.6. The number of carbonyl (C=O) groups excluding carboxylic acids is 2. The molecule has 0 amide bonds. The molecule has 0 spiro atoms.